The molecule has 0 atom stereocenters. The molecule has 1 saturated carbocycles. The average Bonchev–Trinajstić information content (AvgIpc) is 3.50. The molecular formula is C24H23Cl2F6N3O3S. The Kier molecular flexibility index (Phi) is 7.49. The van der Waals surface area contributed by atoms with E-state index in [-0.39, 0.29) is 40.7 Å². The number of thiazole rings is 1. The van der Waals surface area contributed by atoms with Gasteiger partial charge >= 0.3 is 12.4 Å². The molecule has 1 aromatic heterocycles. The van der Waals surface area contributed by atoms with Crippen molar-refractivity contribution in [2.75, 3.05) is 13.1 Å². The quantitative estimate of drug-likeness (QED) is 0.376. The van der Waals surface area contributed by atoms with Crippen molar-refractivity contribution in [3.63, 3.8) is 0 Å². The van der Waals surface area contributed by atoms with Gasteiger partial charge in [-0.25, -0.2) is 4.98 Å². The predicted octanol–water partition coefficient (Wildman–Crippen LogP) is 6.23. The fourth-order valence-corrected chi connectivity index (χ4v) is 6.28. The van der Waals surface area contributed by atoms with Gasteiger partial charge in [0.1, 0.15) is 5.69 Å². The Morgan fingerprint density at radius 2 is 1.67 bits per heavy atom. The van der Waals surface area contributed by atoms with Gasteiger partial charge in [0.25, 0.3) is 11.8 Å². The van der Waals surface area contributed by atoms with E-state index in [2.05, 4.69) is 10.3 Å². The smallest absolute Gasteiger partial charge is 0.389 e. The molecule has 5 rings (SSSR count). The number of hydrogen-bond donors (Lipinski definition) is 2. The van der Waals surface area contributed by atoms with E-state index in [1.54, 1.807) is 4.90 Å². The van der Waals surface area contributed by atoms with Crippen LogP contribution in [-0.4, -0.2) is 63.9 Å². The van der Waals surface area contributed by atoms with E-state index >= 15 is 0 Å². The van der Waals surface area contributed by atoms with Crippen LogP contribution in [0.25, 0.3) is 10.4 Å². The fourth-order valence-electron chi connectivity index (χ4n) is 4.61. The van der Waals surface area contributed by atoms with Gasteiger partial charge in [0, 0.05) is 24.7 Å². The van der Waals surface area contributed by atoms with Gasteiger partial charge in [0.15, 0.2) is 10.4 Å². The summed E-state index contributed by atoms with van der Waals surface area (Å²) in [5, 5.41) is 10.5. The highest BCUT2D eigenvalue weighted by molar-refractivity contribution is 7.17. The Labute approximate surface area is 233 Å². The first kappa shape index (κ1) is 29.9. The van der Waals surface area contributed by atoms with Crippen LogP contribution >= 0.6 is 34.5 Å². The van der Waals surface area contributed by atoms with E-state index in [9.17, 15) is 41.0 Å². The molecule has 2 N–H and O–H groups in total. The molecule has 0 unspecified atom stereocenters. The van der Waals surface area contributed by atoms with E-state index in [4.69, 9.17) is 23.2 Å². The van der Waals surface area contributed by atoms with Crippen molar-refractivity contribution in [1.82, 2.24) is 15.2 Å². The van der Waals surface area contributed by atoms with E-state index in [1.807, 2.05) is 0 Å². The molecule has 0 radical (unpaired) electrons. The van der Waals surface area contributed by atoms with E-state index in [0.717, 1.165) is 18.9 Å². The van der Waals surface area contributed by atoms with Crippen LogP contribution in [0, 0.1) is 5.92 Å². The van der Waals surface area contributed by atoms with Gasteiger partial charge in [-0.15, -0.1) is 11.3 Å². The maximum atomic E-state index is 13.7. The second-order valence-corrected chi connectivity index (χ2v) is 12.3. The van der Waals surface area contributed by atoms with Gasteiger partial charge in [0.05, 0.1) is 20.5 Å². The van der Waals surface area contributed by atoms with Gasteiger partial charge in [-0.05, 0) is 45.1 Å². The molecule has 1 aromatic carbocycles. The lowest BCUT2D eigenvalue weighted by Gasteiger charge is -2.35. The maximum Gasteiger partial charge on any atom is 0.406 e. The number of nitrogens with zero attached hydrogens (tertiary/aromatic N) is 2. The molecule has 2 aliphatic heterocycles. The third-order valence-corrected chi connectivity index (χ3v) is 9.04. The van der Waals surface area contributed by atoms with E-state index < -0.39 is 50.8 Å². The van der Waals surface area contributed by atoms with E-state index in [0.29, 0.717) is 29.9 Å². The summed E-state index contributed by atoms with van der Waals surface area (Å²) in [6, 6.07) is 1.45. The molecule has 3 fully saturated rings. The topological polar surface area (TPSA) is 82.5 Å². The number of aliphatic hydroxyl groups is 1. The average molecular weight is 618 g/mol. The number of rotatable bonds is 6. The summed E-state index contributed by atoms with van der Waals surface area (Å²) in [5.41, 5.74) is -7.27. The van der Waals surface area contributed by atoms with Crippen molar-refractivity contribution in [1.29, 1.82) is 0 Å². The highest BCUT2D eigenvalue weighted by Crippen LogP contribution is 2.55. The number of fused-ring (bicyclic) bond motifs is 1. The van der Waals surface area contributed by atoms with Crippen LogP contribution in [0.15, 0.2) is 12.1 Å². The third-order valence-electron chi connectivity index (χ3n) is 7.07. The molecule has 3 aliphatic rings. The molecule has 1 aliphatic carbocycles. The number of benzene rings is 1. The monoisotopic (exact) mass is 617 g/mol. The molecule has 2 bridgehead atoms. The molecule has 39 heavy (non-hydrogen) atoms. The van der Waals surface area contributed by atoms with Crippen molar-refractivity contribution >= 4 is 46.4 Å². The fraction of sp³-hybridized carbons (Fsp3) is 0.542. The number of alkyl halides is 6. The van der Waals surface area contributed by atoms with Crippen LogP contribution in [0.4, 0.5) is 26.3 Å². The zero-order valence-electron chi connectivity index (χ0n) is 20.7. The van der Waals surface area contributed by atoms with Gasteiger partial charge in [-0.1, -0.05) is 35.3 Å². The van der Waals surface area contributed by atoms with Crippen LogP contribution in [0.2, 0.25) is 10.0 Å². The second kappa shape index (κ2) is 9.78. The number of amides is 2. The molecule has 2 saturated heterocycles. The van der Waals surface area contributed by atoms with Crippen molar-refractivity contribution in [3.05, 3.63) is 38.4 Å². The Morgan fingerprint density at radius 1 is 1.08 bits per heavy atom. The highest BCUT2D eigenvalue weighted by Gasteiger charge is 2.69. The summed E-state index contributed by atoms with van der Waals surface area (Å²) in [6.45, 7) is 3.18. The van der Waals surface area contributed by atoms with Gasteiger partial charge in [-0.3, -0.25) is 9.59 Å². The van der Waals surface area contributed by atoms with Gasteiger partial charge in [0.2, 0.25) is 0 Å². The number of halogens is 8. The lowest BCUT2D eigenvalue weighted by molar-refractivity contribution is -0.297. The molecular weight excluding hydrogens is 595 g/mol. The van der Waals surface area contributed by atoms with Gasteiger partial charge in [-0.2, -0.15) is 26.3 Å². The summed E-state index contributed by atoms with van der Waals surface area (Å²) in [5.74, 6) is -0.955. The number of hydrogen-bond acceptors (Lipinski definition) is 5. The summed E-state index contributed by atoms with van der Waals surface area (Å²) in [6.07, 6.45) is -9.90. The number of carbonyl (C=O) groups is 2. The summed E-state index contributed by atoms with van der Waals surface area (Å²) < 4.78 is 82.3. The Morgan fingerprint density at radius 3 is 2.15 bits per heavy atom. The number of aromatic nitrogens is 1. The van der Waals surface area contributed by atoms with Crippen LogP contribution in [0.3, 0.4) is 0 Å². The van der Waals surface area contributed by atoms with Crippen LogP contribution in [-0.2, 0) is 5.41 Å². The zero-order chi connectivity index (χ0) is 29.3. The summed E-state index contributed by atoms with van der Waals surface area (Å²) >= 11 is 13.0. The van der Waals surface area contributed by atoms with Crippen LogP contribution in [0.1, 0.15) is 59.5 Å². The molecule has 2 amide bonds. The van der Waals surface area contributed by atoms with Crippen molar-refractivity contribution in [3.8, 4) is 10.4 Å². The largest absolute Gasteiger partial charge is 0.406 e. The standard InChI is InChI=1S/C24H23Cl2F6N3O3S/c1-21(2,38)9-33-18(36)19-34-16(20(37)35-8-10-6-11(35)7-10)17(39-19)12-4-5-13(15(26)14(12)25)22(3,23(27,28)29)24(30,31)32/h4-5,10-11,38H,6-9H2,1-3H3,(H,33,36). The first-order chi connectivity index (χ1) is 17.8. The molecule has 214 valence electrons. The maximum absolute atomic E-state index is 13.7. The normalized spacial score (nSPS) is 19.7. The van der Waals surface area contributed by atoms with Crippen LogP contribution in [0.5, 0.6) is 0 Å². The first-order valence-electron chi connectivity index (χ1n) is 11.7. The lowest BCUT2D eigenvalue weighted by atomic mass is 9.80. The Bertz CT molecular complexity index is 1300. The second-order valence-electron chi connectivity index (χ2n) is 10.5. The summed E-state index contributed by atoms with van der Waals surface area (Å²) in [4.78, 5) is 31.9. The molecule has 2 aromatic rings. The van der Waals surface area contributed by atoms with E-state index in [1.165, 1.54) is 13.8 Å². The highest BCUT2D eigenvalue weighted by atomic mass is 35.5. The summed E-state index contributed by atoms with van der Waals surface area (Å²) in [7, 11) is 0. The minimum absolute atomic E-state index is 0.0229. The molecule has 6 nitrogen and oxygen atoms in total. The minimum Gasteiger partial charge on any atom is -0.389 e. The Hall–Kier alpha value is -2.09. The lowest BCUT2D eigenvalue weighted by Crippen LogP contribution is -2.51. The number of carbonyl (C=O) groups excluding carboxylic acids is 2. The molecule has 3 heterocycles. The third kappa shape index (κ3) is 5.22. The SMILES string of the molecule is CC(C)(O)CNC(=O)c1nc(C(=O)N2CC3CC2C3)c(-c2ccc(C(C)(C(F)(F)F)C(F)(F)F)c(Cl)c2Cl)s1. The minimum atomic E-state index is -5.76. The van der Waals surface area contributed by atoms with Crippen molar-refractivity contribution in [2.24, 2.45) is 5.92 Å². The Balaban J connectivity index is 1.82. The molecule has 15 heteroatoms. The first-order valence-corrected chi connectivity index (χ1v) is 13.3. The predicted molar refractivity (Wildman–Crippen MR) is 133 cm³/mol. The zero-order valence-corrected chi connectivity index (χ0v) is 23.1. The van der Waals surface area contributed by atoms with Crippen molar-refractivity contribution < 1.29 is 41.0 Å². The number of nitrogens with one attached hydrogen (secondary N) is 1. The molecule has 0 spiro atoms. The van der Waals surface area contributed by atoms with Crippen LogP contribution < -0.4 is 5.32 Å². The van der Waals surface area contributed by atoms with Crippen molar-refractivity contribution in [2.45, 2.75) is 63.0 Å². The van der Waals surface area contributed by atoms with Gasteiger partial charge < -0.3 is 15.3 Å².